The Balaban J connectivity index is 1.75. The number of carbonyl (C=O) groups excluding carboxylic acids is 1. The molecule has 0 saturated carbocycles. The van der Waals surface area contributed by atoms with Gasteiger partial charge in [0.2, 0.25) is 0 Å². The number of para-hydroxylation sites is 1. The average Bonchev–Trinajstić information content (AvgIpc) is 3.11. The molecule has 1 aliphatic heterocycles. The van der Waals surface area contributed by atoms with Gasteiger partial charge in [-0.05, 0) is 30.4 Å². The van der Waals surface area contributed by atoms with Gasteiger partial charge in [0.1, 0.15) is 12.2 Å². The van der Waals surface area contributed by atoms with E-state index in [1.807, 2.05) is 12.1 Å². The number of carbonyl (C=O) groups is 1. The van der Waals surface area contributed by atoms with Crippen LogP contribution in [0, 0.1) is 0 Å². The molecule has 9 heteroatoms. The van der Waals surface area contributed by atoms with Crippen molar-refractivity contribution in [2.45, 2.75) is 52.2 Å². The van der Waals surface area contributed by atoms with E-state index in [4.69, 9.17) is 4.74 Å². The Labute approximate surface area is 166 Å². The van der Waals surface area contributed by atoms with Crippen LogP contribution in [0.4, 0.5) is 0 Å². The topological polar surface area (TPSA) is 101 Å². The Hall–Kier alpha value is -3.23. The van der Waals surface area contributed by atoms with Crippen molar-refractivity contribution in [3.8, 4) is 0 Å². The van der Waals surface area contributed by atoms with E-state index in [0.29, 0.717) is 17.6 Å². The first kappa shape index (κ1) is 19.1. The van der Waals surface area contributed by atoms with E-state index < -0.39 is 5.97 Å². The Morgan fingerprint density at radius 1 is 1.28 bits per heavy atom. The lowest BCUT2D eigenvalue weighted by Gasteiger charge is -2.33. The van der Waals surface area contributed by atoms with Gasteiger partial charge in [-0.1, -0.05) is 31.2 Å². The van der Waals surface area contributed by atoms with E-state index in [9.17, 15) is 14.4 Å². The Kier molecular flexibility index (Phi) is 4.60. The summed E-state index contributed by atoms with van der Waals surface area (Å²) in [6.07, 6.45) is 2.36. The van der Waals surface area contributed by atoms with E-state index in [1.54, 1.807) is 23.8 Å². The first-order valence-electron chi connectivity index (χ1n) is 9.63. The van der Waals surface area contributed by atoms with Crippen LogP contribution in [0.2, 0.25) is 0 Å². The summed E-state index contributed by atoms with van der Waals surface area (Å²) in [5, 5.41) is 8.40. The third-order valence-electron chi connectivity index (χ3n) is 5.44. The monoisotopic (exact) mass is 397 g/mol. The summed E-state index contributed by atoms with van der Waals surface area (Å²) in [5.41, 5.74) is 1.36. The number of rotatable bonds is 5. The van der Waals surface area contributed by atoms with Crippen molar-refractivity contribution in [3.63, 3.8) is 0 Å². The molecule has 0 atom stereocenters. The molecule has 0 spiro atoms. The smallest absolute Gasteiger partial charge is 0.331 e. The molecule has 0 amide bonds. The second-order valence-electron chi connectivity index (χ2n) is 7.87. The van der Waals surface area contributed by atoms with Gasteiger partial charge in [0.05, 0.1) is 30.3 Å². The number of aromatic nitrogens is 5. The molecule has 0 saturated heterocycles. The SMILES string of the molecule is CCOC(=O)Cn1cc(Cn2c(=O)c3cccc4c3n(c2=O)CCC4(C)C)nn1. The standard InChI is InChI=1S/C20H23N5O4/c1-4-29-16(26)12-23-10-13(21-22-23)11-25-18(27)14-6-5-7-15-17(14)24(19(25)28)9-8-20(15,2)3/h5-7,10H,4,8-9,11-12H2,1-3H3. The van der Waals surface area contributed by atoms with E-state index in [1.165, 1.54) is 9.25 Å². The highest BCUT2D eigenvalue weighted by Gasteiger charge is 2.30. The predicted molar refractivity (Wildman–Crippen MR) is 106 cm³/mol. The minimum absolute atomic E-state index is 0.00987. The fraction of sp³-hybridized carbons (Fsp3) is 0.450. The zero-order chi connectivity index (χ0) is 20.8. The molecule has 4 rings (SSSR count). The molecule has 0 radical (unpaired) electrons. The minimum Gasteiger partial charge on any atom is -0.465 e. The molecule has 3 aromatic rings. The van der Waals surface area contributed by atoms with Gasteiger partial charge in [-0.15, -0.1) is 5.10 Å². The molecule has 2 aromatic heterocycles. The molecule has 1 aromatic carbocycles. The van der Waals surface area contributed by atoms with Gasteiger partial charge in [0.25, 0.3) is 5.56 Å². The van der Waals surface area contributed by atoms with Gasteiger partial charge < -0.3 is 4.74 Å². The summed E-state index contributed by atoms with van der Waals surface area (Å²) >= 11 is 0. The fourth-order valence-corrected chi connectivity index (χ4v) is 3.89. The second kappa shape index (κ2) is 6.98. The van der Waals surface area contributed by atoms with Crippen molar-refractivity contribution in [1.82, 2.24) is 24.1 Å². The van der Waals surface area contributed by atoms with Crippen molar-refractivity contribution in [2.75, 3.05) is 6.61 Å². The Morgan fingerprint density at radius 3 is 2.83 bits per heavy atom. The molecule has 1 aliphatic rings. The van der Waals surface area contributed by atoms with Crippen LogP contribution in [0.5, 0.6) is 0 Å². The van der Waals surface area contributed by atoms with E-state index >= 15 is 0 Å². The van der Waals surface area contributed by atoms with Crippen LogP contribution in [-0.4, -0.2) is 36.7 Å². The molecular weight excluding hydrogens is 374 g/mol. The fourth-order valence-electron chi connectivity index (χ4n) is 3.89. The van der Waals surface area contributed by atoms with Crippen LogP contribution < -0.4 is 11.2 Å². The van der Waals surface area contributed by atoms with Crippen LogP contribution >= 0.6 is 0 Å². The quantitative estimate of drug-likeness (QED) is 0.597. The zero-order valence-electron chi connectivity index (χ0n) is 16.7. The number of ether oxygens (including phenoxy) is 1. The van der Waals surface area contributed by atoms with Gasteiger partial charge in [-0.3, -0.25) is 18.7 Å². The number of aryl methyl sites for hydroxylation is 1. The molecule has 3 heterocycles. The predicted octanol–water partition coefficient (Wildman–Crippen LogP) is 1.05. The highest BCUT2D eigenvalue weighted by Crippen LogP contribution is 2.35. The van der Waals surface area contributed by atoms with Crippen molar-refractivity contribution < 1.29 is 9.53 Å². The summed E-state index contributed by atoms with van der Waals surface area (Å²) in [4.78, 5) is 37.8. The number of benzene rings is 1. The zero-order valence-corrected chi connectivity index (χ0v) is 16.7. The van der Waals surface area contributed by atoms with Crippen LogP contribution in [0.1, 0.15) is 38.4 Å². The first-order valence-corrected chi connectivity index (χ1v) is 9.63. The maximum atomic E-state index is 13.1. The molecule has 9 nitrogen and oxygen atoms in total. The molecule has 0 unspecified atom stereocenters. The maximum Gasteiger partial charge on any atom is 0.331 e. The number of esters is 1. The summed E-state index contributed by atoms with van der Waals surface area (Å²) in [7, 11) is 0. The lowest BCUT2D eigenvalue weighted by Crippen LogP contribution is -2.43. The maximum absolute atomic E-state index is 13.1. The number of hydrogen-bond donors (Lipinski definition) is 0. The van der Waals surface area contributed by atoms with Gasteiger partial charge in [0.15, 0.2) is 0 Å². The van der Waals surface area contributed by atoms with Gasteiger partial charge in [0, 0.05) is 6.54 Å². The normalized spacial score (nSPS) is 14.9. The van der Waals surface area contributed by atoms with Crippen molar-refractivity contribution in [2.24, 2.45) is 0 Å². The lowest BCUT2D eigenvalue weighted by molar-refractivity contribution is -0.144. The number of hydrogen-bond acceptors (Lipinski definition) is 6. The third kappa shape index (κ3) is 3.26. The summed E-state index contributed by atoms with van der Waals surface area (Å²) < 4.78 is 9.09. The van der Waals surface area contributed by atoms with Gasteiger partial charge in [-0.2, -0.15) is 0 Å². The largest absolute Gasteiger partial charge is 0.465 e. The Bertz CT molecular complexity index is 1220. The van der Waals surface area contributed by atoms with Crippen molar-refractivity contribution in [1.29, 1.82) is 0 Å². The summed E-state index contributed by atoms with van der Waals surface area (Å²) in [6, 6.07) is 5.61. The van der Waals surface area contributed by atoms with E-state index in [2.05, 4.69) is 24.2 Å². The highest BCUT2D eigenvalue weighted by molar-refractivity contribution is 5.83. The summed E-state index contributed by atoms with van der Waals surface area (Å²) in [6.45, 7) is 6.73. The molecule has 0 aliphatic carbocycles. The van der Waals surface area contributed by atoms with E-state index in [-0.39, 0.29) is 36.4 Å². The second-order valence-corrected chi connectivity index (χ2v) is 7.87. The molecule has 0 fully saturated rings. The average molecular weight is 397 g/mol. The van der Waals surface area contributed by atoms with E-state index in [0.717, 1.165) is 17.5 Å². The van der Waals surface area contributed by atoms with Gasteiger partial charge in [-0.25, -0.2) is 9.48 Å². The van der Waals surface area contributed by atoms with Crippen LogP contribution in [0.15, 0.2) is 34.0 Å². The molecule has 0 N–H and O–H groups in total. The molecular formula is C20H23N5O4. The van der Waals surface area contributed by atoms with Gasteiger partial charge >= 0.3 is 11.7 Å². The molecule has 29 heavy (non-hydrogen) atoms. The highest BCUT2D eigenvalue weighted by atomic mass is 16.5. The first-order chi connectivity index (χ1) is 13.8. The number of nitrogens with zero attached hydrogens (tertiary/aromatic N) is 5. The van der Waals surface area contributed by atoms with Crippen LogP contribution in [0.3, 0.4) is 0 Å². The van der Waals surface area contributed by atoms with Crippen LogP contribution in [-0.2, 0) is 34.6 Å². The summed E-state index contributed by atoms with van der Waals surface area (Å²) in [5.74, 6) is -0.425. The third-order valence-corrected chi connectivity index (χ3v) is 5.44. The lowest BCUT2D eigenvalue weighted by atomic mass is 9.78. The van der Waals surface area contributed by atoms with Crippen molar-refractivity contribution in [3.05, 3.63) is 56.5 Å². The van der Waals surface area contributed by atoms with Crippen LogP contribution in [0.25, 0.3) is 10.9 Å². The molecule has 152 valence electrons. The minimum atomic E-state index is -0.425. The Morgan fingerprint density at radius 2 is 2.07 bits per heavy atom. The molecule has 0 bridgehead atoms. The van der Waals surface area contributed by atoms with Crippen molar-refractivity contribution >= 4 is 16.9 Å².